The predicted octanol–water partition coefficient (Wildman–Crippen LogP) is 4.51. The Balaban J connectivity index is 1.69. The zero-order valence-electron chi connectivity index (χ0n) is 15.6. The van der Waals surface area contributed by atoms with Crippen LogP contribution in [-0.2, 0) is 13.2 Å². The van der Waals surface area contributed by atoms with Crippen molar-refractivity contribution in [1.82, 2.24) is 5.32 Å². The van der Waals surface area contributed by atoms with Gasteiger partial charge in [0.05, 0.1) is 7.11 Å². The van der Waals surface area contributed by atoms with Gasteiger partial charge in [-0.15, -0.1) is 0 Å². The van der Waals surface area contributed by atoms with E-state index in [0.717, 1.165) is 22.4 Å². The van der Waals surface area contributed by atoms with Crippen molar-refractivity contribution in [2.75, 3.05) is 7.11 Å². The van der Waals surface area contributed by atoms with Crippen LogP contribution in [0.1, 0.15) is 27.0 Å². The third kappa shape index (κ3) is 5.11. The average molecular weight is 361 g/mol. The second kappa shape index (κ2) is 8.90. The first-order chi connectivity index (χ1) is 13.2. The van der Waals surface area contributed by atoms with Crippen molar-refractivity contribution in [3.63, 3.8) is 0 Å². The molecule has 138 valence electrons. The standard InChI is InChI=1S/C23H23NO3/c1-17-7-6-10-21(13-17)27-16-20-14-19(11-12-22(20)26-2)23(25)24-15-18-8-4-3-5-9-18/h3-14H,15-16H2,1-2H3,(H,24,25). The largest absolute Gasteiger partial charge is 0.496 e. The van der Waals surface area contributed by atoms with E-state index in [1.54, 1.807) is 19.2 Å². The van der Waals surface area contributed by atoms with Crippen LogP contribution in [0.2, 0.25) is 0 Å². The van der Waals surface area contributed by atoms with Crippen LogP contribution in [0.4, 0.5) is 0 Å². The minimum atomic E-state index is -0.127. The molecule has 27 heavy (non-hydrogen) atoms. The third-order valence-electron chi connectivity index (χ3n) is 4.22. The van der Waals surface area contributed by atoms with Gasteiger partial charge in [-0.25, -0.2) is 0 Å². The molecule has 0 spiro atoms. The van der Waals surface area contributed by atoms with Crippen LogP contribution in [-0.4, -0.2) is 13.0 Å². The summed E-state index contributed by atoms with van der Waals surface area (Å²) < 4.78 is 11.3. The summed E-state index contributed by atoms with van der Waals surface area (Å²) in [7, 11) is 1.61. The average Bonchev–Trinajstić information content (AvgIpc) is 2.71. The van der Waals surface area contributed by atoms with E-state index in [1.165, 1.54) is 0 Å². The highest BCUT2D eigenvalue weighted by molar-refractivity contribution is 5.94. The number of nitrogens with one attached hydrogen (secondary N) is 1. The first-order valence-electron chi connectivity index (χ1n) is 8.84. The van der Waals surface area contributed by atoms with Crippen LogP contribution in [0.25, 0.3) is 0 Å². The highest BCUT2D eigenvalue weighted by Crippen LogP contribution is 2.23. The van der Waals surface area contributed by atoms with Gasteiger partial charge in [-0.3, -0.25) is 4.79 Å². The smallest absolute Gasteiger partial charge is 0.251 e. The molecule has 4 heteroatoms. The number of carbonyl (C=O) groups excluding carboxylic acids is 1. The minimum Gasteiger partial charge on any atom is -0.496 e. The van der Waals surface area contributed by atoms with E-state index in [2.05, 4.69) is 5.32 Å². The second-order valence-corrected chi connectivity index (χ2v) is 6.30. The Labute approximate surface area is 159 Å². The predicted molar refractivity (Wildman–Crippen MR) is 106 cm³/mol. The Hall–Kier alpha value is -3.27. The van der Waals surface area contributed by atoms with Crippen LogP contribution >= 0.6 is 0 Å². The molecule has 0 aliphatic heterocycles. The molecule has 1 amide bonds. The maximum absolute atomic E-state index is 12.5. The molecular formula is C23H23NO3. The molecule has 0 saturated carbocycles. The van der Waals surface area contributed by atoms with Crippen LogP contribution < -0.4 is 14.8 Å². The fraction of sp³-hybridized carbons (Fsp3) is 0.174. The maximum atomic E-state index is 12.5. The number of methoxy groups -OCH3 is 1. The summed E-state index contributed by atoms with van der Waals surface area (Å²) >= 11 is 0. The molecule has 0 heterocycles. The van der Waals surface area contributed by atoms with Crippen LogP contribution in [0.3, 0.4) is 0 Å². The highest BCUT2D eigenvalue weighted by atomic mass is 16.5. The molecule has 0 fully saturated rings. The van der Waals surface area contributed by atoms with E-state index in [9.17, 15) is 4.79 Å². The molecule has 0 aliphatic rings. The van der Waals surface area contributed by atoms with Crippen LogP contribution in [0.5, 0.6) is 11.5 Å². The van der Waals surface area contributed by atoms with Gasteiger partial charge in [-0.2, -0.15) is 0 Å². The zero-order chi connectivity index (χ0) is 19.1. The Morgan fingerprint density at radius 1 is 0.963 bits per heavy atom. The first kappa shape index (κ1) is 18.5. The van der Waals surface area contributed by atoms with E-state index in [0.29, 0.717) is 24.5 Å². The van der Waals surface area contributed by atoms with Crippen molar-refractivity contribution in [2.45, 2.75) is 20.1 Å². The van der Waals surface area contributed by atoms with Gasteiger partial charge in [0.15, 0.2) is 0 Å². The van der Waals surface area contributed by atoms with Gasteiger partial charge in [0.25, 0.3) is 5.91 Å². The van der Waals surface area contributed by atoms with E-state index < -0.39 is 0 Å². The van der Waals surface area contributed by atoms with Gasteiger partial charge < -0.3 is 14.8 Å². The van der Waals surface area contributed by atoms with Gasteiger partial charge in [0, 0.05) is 17.7 Å². The molecule has 3 rings (SSSR count). The fourth-order valence-corrected chi connectivity index (χ4v) is 2.78. The number of carbonyl (C=O) groups is 1. The Morgan fingerprint density at radius 3 is 2.52 bits per heavy atom. The number of hydrogen-bond acceptors (Lipinski definition) is 3. The molecule has 3 aromatic rings. The Kier molecular flexibility index (Phi) is 6.10. The van der Waals surface area contributed by atoms with Crippen molar-refractivity contribution in [1.29, 1.82) is 0 Å². The van der Waals surface area contributed by atoms with E-state index in [4.69, 9.17) is 9.47 Å². The summed E-state index contributed by atoms with van der Waals surface area (Å²) in [5, 5.41) is 2.94. The molecule has 0 unspecified atom stereocenters. The van der Waals surface area contributed by atoms with Crippen LogP contribution in [0.15, 0.2) is 72.8 Å². The first-order valence-corrected chi connectivity index (χ1v) is 8.84. The summed E-state index contributed by atoms with van der Waals surface area (Å²) in [6.45, 7) is 2.83. The summed E-state index contributed by atoms with van der Waals surface area (Å²) in [6, 6.07) is 23.1. The molecule has 0 aliphatic carbocycles. The van der Waals surface area contributed by atoms with Gasteiger partial charge in [0.1, 0.15) is 18.1 Å². The molecule has 4 nitrogen and oxygen atoms in total. The van der Waals surface area contributed by atoms with Gasteiger partial charge in [-0.05, 0) is 48.4 Å². The lowest BCUT2D eigenvalue weighted by molar-refractivity contribution is 0.0950. The molecule has 1 N–H and O–H groups in total. The summed E-state index contributed by atoms with van der Waals surface area (Å²) in [5.74, 6) is 1.36. The number of hydrogen-bond donors (Lipinski definition) is 1. The summed E-state index contributed by atoms with van der Waals surface area (Å²) in [6.07, 6.45) is 0. The van der Waals surface area contributed by atoms with Crippen molar-refractivity contribution < 1.29 is 14.3 Å². The van der Waals surface area contributed by atoms with Crippen molar-refractivity contribution >= 4 is 5.91 Å². The van der Waals surface area contributed by atoms with E-state index in [1.807, 2.05) is 67.6 Å². The number of amides is 1. The molecule has 0 atom stereocenters. The van der Waals surface area contributed by atoms with Gasteiger partial charge >= 0.3 is 0 Å². The monoisotopic (exact) mass is 361 g/mol. The highest BCUT2D eigenvalue weighted by Gasteiger charge is 2.11. The third-order valence-corrected chi connectivity index (χ3v) is 4.22. The normalized spacial score (nSPS) is 10.3. The molecule has 0 aromatic heterocycles. The lowest BCUT2D eigenvalue weighted by atomic mass is 10.1. The summed E-state index contributed by atoms with van der Waals surface area (Å²) in [5.41, 5.74) is 3.59. The number of aryl methyl sites for hydroxylation is 1. The zero-order valence-corrected chi connectivity index (χ0v) is 15.6. The topological polar surface area (TPSA) is 47.6 Å². The number of benzene rings is 3. The van der Waals surface area contributed by atoms with Crippen molar-refractivity contribution in [3.8, 4) is 11.5 Å². The minimum absolute atomic E-state index is 0.127. The Morgan fingerprint density at radius 2 is 1.78 bits per heavy atom. The number of ether oxygens (including phenoxy) is 2. The fourth-order valence-electron chi connectivity index (χ4n) is 2.78. The molecule has 3 aromatic carbocycles. The van der Waals surface area contributed by atoms with Gasteiger partial charge in [-0.1, -0.05) is 42.5 Å². The van der Waals surface area contributed by atoms with E-state index >= 15 is 0 Å². The molecule has 0 radical (unpaired) electrons. The quantitative estimate of drug-likeness (QED) is 0.673. The summed E-state index contributed by atoms with van der Waals surface area (Å²) in [4.78, 5) is 12.5. The van der Waals surface area contributed by atoms with Crippen LogP contribution in [0, 0.1) is 6.92 Å². The van der Waals surface area contributed by atoms with Gasteiger partial charge in [0.2, 0.25) is 0 Å². The molecule has 0 bridgehead atoms. The SMILES string of the molecule is COc1ccc(C(=O)NCc2ccccc2)cc1COc1cccc(C)c1. The van der Waals surface area contributed by atoms with Crippen molar-refractivity contribution in [2.24, 2.45) is 0 Å². The lowest BCUT2D eigenvalue weighted by Gasteiger charge is -2.13. The second-order valence-electron chi connectivity index (χ2n) is 6.30. The van der Waals surface area contributed by atoms with Crippen molar-refractivity contribution in [3.05, 3.63) is 95.1 Å². The number of rotatable bonds is 7. The lowest BCUT2D eigenvalue weighted by Crippen LogP contribution is -2.23. The Bertz CT molecular complexity index is 907. The molecular weight excluding hydrogens is 338 g/mol. The van der Waals surface area contributed by atoms with E-state index in [-0.39, 0.29) is 5.91 Å². The maximum Gasteiger partial charge on any atom is 0.251 e. The molecule has 0 saturated heterocycles.